The summed E-state index contributed by atoms with van der Waals surface area (Å²) < 4.78 is 13.3. The highest BCUT2D eigenvalue weighted by Crippen LogP contribution is 2.25. The van der Waals surface area contributed by atoms with E-state index in [9.17, 15) is 9.18 Å². The van der Waals surface area contributed by atoms with E-state index in [0.29, 0.717) is 49.9 Å². The lowest BCUT2D eigenvalue weighted by Gasteiger charge is -2.44. The molecule has 2 N–H and O–H groups in total. The van der Waals surface area contributed by atoms with Crippen molar-refractivity contribution < 1.29 is 14.4 Å². The van der Waals surface area contributed by atoms with Gasteiger partial charge in [-0.15, -0.1) is 0 Å². The van der Waals surface area contributed by atoms with Gasteiger partial charge in [-0.1, -0.05) is 30.9 Å². The lowest BCUT2D eigenvalue weighted by Crippen LogP contribution is -2.61. The minimum Gasteiger partial charge on any atom is -0.344 e. The highest BCUT2D eigenvalue weighted by molar-refractivity contribution is 5.89. The van der Waals surface area contributed by atoms with E-state index in [1.54, 1.807) is 36.5 Å². The van der Waals surface area contributed by atoms with Crippen LogP contribution in [0.15, 0.2) is 49.3 Å². The van der Waals surface area contributed by atoms with Gasteiger partial charge in [-0.25, -0.2) is 14.4 Å². The number of nitrogens with zero attached hydrogens (tertiary/aromatic N) is 5. The number of carbonyl (C=O) groups excluding carboxylic acids is 1. The van der Waals surface area contributed by atoms with Crippen molar-refractivity contribution >= 4 is 23.6 Å². The van der Waals surface area contributed by atoms with Crippen LogP contribution in [0.3, 0.4) is 0 Å². The first-order valence-electron chi connectivity index (χ1n) is 10.9. The van der Waals surface area contributed by atoms with E-state index in [-0.39, 0.29) is 11.7 Å². The van der Waals surface area contributed by atoms with Gasteiger partial charge in [0.1, 0.15) is 11.4 Å². The number of rotatable bonds is 8. The van der Waals surface area contributed by atoms with Crippen molar-refractivity contribution in [2.24, 2.45) is 0 Å². The molecule has 0 saturated carbocycles. The molecule has 2 heterocycles. The van der Waals surface area contributed by atoms with Gasteiger partial charge in [-0.3, -0.25) is 20.4 Å². The van der Waals surface area contributed by atoms with Crippen molar-refractivity contribution in [2.75, 3.05) is 44.7 Å². The Bertz CT molecular complexity index is 987. The molecule has 0 radical (unpaired) electrons. The van der Waals surface area contributed by atoms with E-state index in [0.717, 1.165) is 5.56 Å². The van der Waals surface area contributed by atoms with Crippen molar-refractivity contribution in [2.45, 2.75) is 19.4 Å². The zero-order valence-corrected chi connectivity index (χ0v) is 19.3. The molecule has 9 heteroatoms. The van der Waals surface area contributed by atoms with Crippen LogP contribution in [0.2, 0.25) is 0 Å². The molecule has 0 spiro atoms. The van der Waals surface area contributed by atoms with E-state index >= 15 is 0 Å². The lowest BCUT2D eigenvalue weighted by molar-refractivity contribution is -0.139. The normalized spacial score (nSPS) is 16.5. The first kappa shape index (κ1) is 24.3. The average Bonchev–Trinajstić information content (AvgIpc) is 2.87. The third-order valence-corrected chi connectivity index (χ3v) is 6.07. The van der Waals surface area contributed by atoms with Crippen LogP contribution in [-0.2, 0) is 4.79 Å². The first-order valence-corrected chi connectivity index (χ1v) is 10.9. The molecule has 2 aromatic rings. The van der Waals surface area contributed by atoms with Crippen LogP contribution in [-0.4, -0.2) is 76.2 Å². The Morgan fingerprint density at radius 3 is 2.39 bits per heavy atom. The number of likely N-dealkylation sites (N-methyl/N-ethyl adjacent to an activating group) is 1. The standard InChI is InChI=1S/C24H31FN6O2/c1-5-29(4)22(32)24(3,11-10-19-6-8-21(25)9-7-19)31-14-12-30(13-15-31)23-26-16-20(17-27-23)18(2)28-33/h6-11,16-17,28,33H,2,5,12-15H2,1,3-4H3/b11-10+. The summed E-state index contributed by atoms with van der Waals surface area (Å²) in [6, 6.07) is 6.21. The van der Waals surface area contributed by atoms with E-state index in [1.807, 2.05) is 31.5 Å². The van der Waals surface area contributed by atoms with Gasteiger partial charge in [0.25, 0.3) is 0 Å². The summed E-state index contributed by atoms with van der Waals surface area (Å²) in [6.45, 7) is 10.8. The SMILES string of the molecule is C=C(NO)c1cnc(N2CCN(C(C)(/C=C/c3ccc(F)cc3)C(=O)N(C)CC)CC2)nc1. The Labute approximate surface area is 194 Å². The van der Waals surface area contributed by atoms with Crippen molar-refractivity contribution in [3.63, 3.8) is 0 Å². The van der Waals surface area contributed by atoms with Crippen LogP contribution < -0.4 is 10.4 Å². The Morgan fingerprint density at radius 1 is 1.24 bits per heavy atom. The Hall–Kier alpha value is -3.30. The Kier molecular flexibility index (Phi) is 7.78. The number of hydroxylamine groups is 1. The molecule has 1 aliphatic rings. The van der Waals surface area contributed by atoms with E-state index < -0.39 is 5.54 Å². The van der Waals surface area contributed by atoms with Crippen molar-refractivity contribution in [3.05, 3.63) is 66.3 Å². The molecule has 176 valence electrons. The maximum Gasteiger partial charge on any atom is 0.246 e. The lowest BCUT2D eigenvalue weighted by atomic mass is 9.94. The van der Waals surface area contributed by atoms with E-state index in [2.05, 4.69) is 26.3 Å². The fraction of sp³-hybridized carbons (Fsp3) is 0.375. The number of amides is 1. The zero-order chi connectivity index (χ0) is 24.0. The number of hydrogen-bond donors (Lipinski definition) is 2. The molecule has 0 aliphatic carbocycles. The van der Waals surface area contributed by atoms with Crippen LogP contribution in [0.5, 0.6) is 0 Å². The molecular formula is C24H31FN6O2. The topological polar surface area (TPSA) is 84.8 Å². The van der Waals surface area contributed by atoms with Gasteiger partial charge >= 0.3 is 0 Å². The van der Waals surface area contributed by atoms with Crippen LogP contribution in [0.1, 0.15) is 25.0 Å². The van der Waals surface area contributed by atoms with Crippen molar-refractivity contribution in [3.8, 4) is 0 Å². The number of benzene rings is 1. The number of hydrogen-bond acceptors (Lipinski definition) is 7. The molecule has 8 nitrogen and oxygen atoms in total. The van der Waals surface area contributed by atoms with Crippen LogP contribution in [0.25, 0.3) is 11.8 Å². The fourth-order valence-electron chi connectivity index (χ4n) is 3.75. The second kappa shape index (κ2) is 10.5. The predicted molar refractivity (Wildman–Crippen MR) is 127 cm³/mol. The Balaban J connectivity index is 1.76. The Morgan fingerprint density at radius 2 is 1.85 bits per heavy atom. The zero-order valence-electron chi connectivity index (χ0n) is 19.3. The monoisotopic (exact) mass is 454 g/mol. The molecule has 1 aromatic carbocycles. The van der Waals surface area contributed by atoms with Crippen molar-refractivity contribution in [1.29, 1.82) is 0 Å². The molecule has 1 atom stereocenters. The second-order valence-electron chi connectivity index (χ2n) is 8.19. The maximum absolute atomic E-state index is 13.4. The van der Waals surface area contributed by atoms with Gasteiger partial charge in [0.15, 0.2) is 0 Å². The summed E-state index contributed by atoms with van der Waals surface area (Å²) in [4.78, 5) is 28.1. The van der Waals surface area contributed by atoms with Gasteiger partial charge in [0, 0.05) is 57.7 Å². The number of aromatic nitrogens is 2. The molecule has 1 aliphatic heterocycles. The molecule has 1 unspecified atom stereocenters. The van der Waals surface area contributed by atoms with E-state index in [4.69, 9.17) is 5.21 Å². The largest absolute Gasteiger partial charge is 0.344 e. The number of carbonyl (C=O) groups is 1. The number of halogens is 1. The van der Waals surface area contributed by atoms with Crippen LogP contribution in [0, 0.1) is 5.82 Å². The molecule has 0 bridgehead atoms. The maximum atomic E-state index is 13.4. The predicted octanol–water partition coefficient (Wildman–Crippen LogP) is 2.64. The van der Waals surface area contributed by atoms with Gasteiger partial charge in [-0.05, 0) is 31.5 Å². The molecule has 1 saturated heterocycles. The first-order chi connectivity index (χ1) is 15.8. The number of nitrogens with one attached hydrogen (secondary N) is 1. The third kappa shape index (κ3) is 5.55. The van der Waals surface area contributed by atoms with Gasteiger partial charge in [-0.2, -0.15) is 0 Å². The summed E-state index contributed by atoms with van der Waals surface area (Å²) in [6.07, 6.45) is 6.99. The second-order valence-corrected chi connectivity index (χ2v) is 8.19. The highest BCUT2D eigenvalue weighted by Gasteiger charge is 2.40. The average molecular weight is 455 g/mol. The van der Waals surface area contributed by atoms with Crippen LogP contribution >= 0.6 is 0 Å². The summed E-state index contributed by atoms with van der Waals surface area (Å²) in [5.41, 5.74) is 2.92. The smallest absolute Gasteiger partial charge is 0.246 e. The van der Waals surface area contributed by atoms with Crippen LogP contribution in [0.4, 0.5) is 10.3 Å². The van der Waals surface area contributed by atoms with Gasteiger partial charge in [0.05, 0.1) is 5.70 Å². The highest BCUT2D eigenvalue weighted by atomic mass is 19.1. The number of anilines is 1. The molecule has 1 aromatic heterocycles. The molecule has 1 amide bonds. The summed E-state index contributed by atoms with van der Waals surface area (Å²) in [7, 11) is 1.80. The number of piperazine rings is 1. The molecule has 33 heavy (non-hydrogen) atoms. The minimum atomic E-state index is -0.847. The summed E-state index contributed by atoms with van der Waals surface area (Å²) in [5.74, 6) is 0.303. The molecule has 1 fully saturated rings. The molecule has 3 rings (SSSR count). The third-order valence-electron chi connectivity index (χ3n) is 6.07. The fourth-order valence-corrected chi connectivity index (χ4v) is 3.75. The summed E-state index contributed by atoms with van der Waals surface area (Å²) in [5, 5.41) is 8.97. The van der Waals surface area contributed by atoms with Crippen molar-refractivity contribution in [1.82, 2.24) is 25.2 Å². The summed E-state index contributed by atoms with van der Waals surface area (Å²) >= 11 is 0. The van der Waals surface area contributed by atoms with E-state index in [1.165, 1.54) is 12.1 Å². The minimum absolute atomic E-state index is 0.00688. The quantitative estimate of drug-likeness (QED) is 0.593. The van der Waals surface area contributed by atoms with Gasteiger partial charge < -0.3 is 9.80 Å². The molecular weight excluding hydrogens is 423 g/mol. The van der Waals surface area contributed by atoms with Gasteiger partial charge in [0.2, 0.25) is 11.9 Å².